The van der Waals surface area contributed by atoms with Crippen molar-refractivity contribution in [1.82, 2.24) is 35.8 Å². The molecule has 0 fully saturated rings. The van der Waals surface area contributed by atoms with Crippen molar-refractivity contribution in [1.29, 1.82) is 0 Å². The van der Waals surface area contributed by atoms with E-state index in [-0.39, 0.29) is 11.2 Å². The number of carboxylic acid groups (broad SMARTS) is 1. The molecule has 4 rings (SSSR count). The molecular weight excluding hydrogens is 546 g/mol. The molecule has 41 heavy (non-hydrogen) atoms. The fraction of sp³-hybridized carbons (Fsp3) is 0.393. The molecule has 2 unspecified atom stereocenters. The second-order valence-corrected chi connectivity index (χ2v) is 11.9. The zero-order valence-corrected chi connectivity index (χ0v) is 24.4. The smallest absolute Gasteiger partial charge is 0.323 e. The van der Waals surface area contributed by atoms with Crippen LogP contribution in [-0.2, 0) is 28.3 Å². The second kappa shape index (κ2) is 12.8. The highest BCUT2D eigenvalue weighted by molar-refractivity contribution is 7.89. The maximum absolute atomic E-state index is 13.1. The third-order valence-corrected chi connectivity index (χ3v) is 8.66. The highest BCUT2D eigenvalue weighted by Gasteiger charge is 2.28. The fourth-order valence-electron chi connectivity index (χ4n) is 5.07. The second-order valence-electron chi connectivity index (χ2n) is 10.2. The van der Waals surface area contributed by atoms with Crippen molar-refractivity contribution < 1.29 is 23.1 Å². The predicted octanol–water partition coefficient (Wildman–Crippen LogP) is 1.17. The first-order chi connectivity index (χ1) is 19.5. The van der Waals surface area contributed by atoms with Gasteiger partial charge in [-0.1, -0.05) is 29.8 Å². The number of aromatic nitrogens is 2. The van der Waals surface area contributed by atoms with Gasteiger partial charge in [0, 0.05) is 31.1 Å². The molecule has 0 spiro atoms. The van der Waals surface area contributed by atoms with E-state index in [4.69, 9.17) is 0 Å². The molecular formula is C28H37N7O5S. The lowest BCUT2D eigenvalue weighted by Crippen LogP contribution is -2.53. The Morgan fingerprint density at radius 2 is 1.90 bits per heavy atom. The lowest BCUT2D eigenvalue weighted by atomic mass is 10.1. The number of sulfonamides is 1. The maximum atomic E-state index is 13.1. The quantitative estimate of drug-likeness (QED) is 0.172. The molecule has 1 aliphatic rings. The van der Waals surface area contributed by atoms with Gasteiger partial charge in [-0.25, -0.2) is 8.42 Å². The molecule has 2 aromatic carbocycles. The van der Waals surface area contributed by atoms with E-state index in [0.29, 0.717) is 16.7 Å². The van der Waals surface area contributed by atoms with E-state index in [1.54, 1.807) is 49.8 Å². The first kappa shape index (κ1) is 30.2. The lowest BCUT2D eigenvalue weighted by Gasteiger charge is -2.22. The molecule has 2 atom stereocenters. The van der Waals surface area contributed by atoms with Crippen molar-refractivity contribution >= 4 is 32.8 Å². The van der Waals surface area contributed by atoms with Crippen LogP contribution >= 0.6 is 0 Å². The Labute approximate surface area is 239 Å². The number of carbonyl (C=O) groups is 2. The molecule has 220 valence electrons. The molecule has 3 aromatic rings. The Kier molecular flexibility index (Phi) is 9.43. The summed E-state index contributed by atoms with van der Waals surface area (Å²) in [4.78, 5) is 24.9. The van der Waals surface area contributed by atoms with Crippen molar-refractivity contribution in [2.75, 3.05) is 19.6 Å². The highest BCUT2D eigenvalue weighted by Crippen LogP contribution is 2.23. The van der Waals surface area contributed by atoms with Crippen molar-refractivity contribution in [2.45, 2.75) is 50.8 Å². The van der Waals surface area contributed by atoms with Crippen molar-refractivity contribution in [3.05, 3.63) is 70.6 Å². The topological polar surface area (TPSA) is 166 Å². The minimum absolute atomic E-state index is 0.0356. The Morgan fingerprint density at radius 1 is 1.17 bits per heavy atom. The number of hydrogen-bond donors (Lipinski definition) is 6. The minimum Gasteiger partial charge on any atom is -0.480 e. The molecule has 0 bridgehead atoms. The van der Waals surface area contributed by atoms with Crippen LogP contribution in [0.25, 0.3) is 10.9 Å². The average molecular weight is 584 g/mol. The van der Waals surface area contributed by atoms with Gasteiger partial charge in [-0.3, -0.25) is 24.9 Å². The van der Waals surface area contributed by atoms with E-state index in [2.05, 4.69) is 31.1 Å². The molecule has 0 saturated carbocycles. The van der Waals surface area contributed by atoms with E-state index < -0.39 is 34.5 Å². The summed E-state index contributed by atoms with van der Waals surface area (Å²) < 4.78 is 30.1. The van der Waals surface area contributed by atoms with Gasteiger partial charge in [0.25, 0.3) is 5.91 Å². The number of benzene rings is 2. The SMILES string of the molecule is Cc1cc(C)c(S(=O)(=O)NC(CNC(=O)c2ccc3c(CCCNC4NC=CCN4)nn(C)c3c2)C(=O)O)c(C)c1. The summed E-state index contributed by atoms with van der Waals surface area (Å²) in [6, 6.07) is 7.07. The summed E-state index contributed by atoms with van der Waals surface area (Å²) in [6.07, 6.45) is 5.58. The van der Waals surface area contributed by atoms with Crippen LogP contribution in [0.4, 0.5) is 0 Å². The predicted molar refractivity (Wildman–Crippen MR) is 156 cm³/mol. The third kappa shape index (κ3) is 7.30. The van der Waals surface area contributed by atoms with Gasteiger partial charge in [0.1, 0.15) is 12.3 Å². The third-order valence-electron chi connectivity index (χ3n) is 6.89. The molecule has 2 heterocycles. The summed E-state index contributed by atoms with van der Waals surface area (Å²) >= 11 is 0. The molecule has 0 aliphatic carbocycles. The largest absolute Gasteiger partial charge is 0.480 e. The normalized spacial score (nSPS) is 16.0. The van der Waals surface area contributed by atoms with Crippen LogP contribution < -0.4 is 26.0 Å². The molecule has 1 aromatic heterocycles. The first-order valence-corrected chi connectivity index (χ1v) is 14.9. The van der Waals surface area contributed by atoms with Gasteiger partial charge in [-0.15, -0.1) is 0 Å². The number of carbonyl (C=O) groups excluding carboxylic acids is 1. The fourth-order valence-corrected chi connectivity index (χ4v) is 6.71. The van der Waals surface area contributed by atoms with Crippen LogP contribution in [0.2, 0.25) is 0 Å². The zero-order valence-electron chi connectivity index (χ0n) is 23.6. The Balaban J connectivity index is 1.39. The zero-order chi connectivity index (χ0) is 29.7. The van der Waals surface area contributed by atoms with Gasteiger partial charge in [0.2, 0.25) is 10.0 Å². The molecule has 13 heteroatoms. The monoisotopic (exact) mass is 583 g/mol. The molecule has 0 saturated heterocycles. The molecule has 1 aliphatic heterocycles. The number of rotatable bonds is 12. The number of nitrogens with one attached hydrogen (secondary N) is 5. The summed E-state index contributed by atoms with van der Waals surface area (Å²) in [7, 11) is -2.35. The number of nitrogens with zero attached hydrogens (tertiary/aromatic N) is 2. The number of hydrogen-bond acceptors (Lipinski definition) is 8. The van der Waals surface area contributed by atoms with E-state index >= 15 is 0 Å². The summed E-state index contributed by atoms with van der Waals surface area (Å²) in [6.45, 7) is 6.34. The summed E-state index contributed by atoms with van der Waals surface area (Å²) in [5, 5.41) is 27.7. The number of amides is 1. The van der Waals surface area contributed by atoms with Crippen molar-refractivity contribution in [3.63, 3.8) is 0 Å². The van der Waals surface area contributed by atoms with E-state index in [9.17, 15) is 23.1 Å². The van der Waals surface area contributed by atoms with E-state index in [1.807, 2.05) is 25.3 Å². The number of fused-ring (bicyclic) bond motifs is 1. The van der Waals surface area contributed by atoms with Gasteiger partial charge in [0.15, 0.2) is 0 Å². The highest BCUT2D eigenvalue weighted by atomic mass is 32.2. The van der Waals surface area contributed by atoms with Crippen molar-refractivity contribution in [3.8, 4) is 0 Å². The van der Waals surface area contributed by atoms with Crippen LogP contribution in [0.15, 0.2) is 47.5 Å². The van der Waals surface area contributed by atoms with Crippen molar-refractivity contribution in [2.24, 2.45) is 7.05 Å². The van der Waals surface area contributed by atoms with E-state index in [1.165, 1.54) is 0 Å². The van der Waals surface area contributed by atoms with Gasteiger partial charge < -0.3 is 15.7 Å². The van der Waals surface area contributed by atoms with Crippen LogP contribution in [0.1, 0.15) is 39.2 Å². The van der Waals surface area contributed by atoms with Gasteiger partial charge in [0.05, 0.1) is 16.1 Å². The lowest BCUT2D eigenvalue weighted by molar-refractivity contribution is -0.138. The van der Waals surface area contributed by atoms with Gasteiger partial charge >= 0.3 is 5.97 Å². The summed E-state index contributed by atoms with van der Waals surface area (Å²) in [5.41, 5.74) is 3.93. The maximum Gasteiger partial charge on any atom is 0.323 e. The van der Waals surface area contributed by atoms with Crippen LogP contribution in [-0.4, -0.2) is 67.1 Å². The number of aliphatic carboxylic acids is 1. The number of carboxylic acids is 1. The summed E-state index contributed by atoms with van der Waals surface area (Å²) in [5.74, 6) is -1.92. The van der Waals surface area contributed by atoms with Crippen LogP contribution in [0.5, 0.6) is 0 Å². The van der Waals surface area contributed by atoms with Crippen LogP contribution in [0.3, 0.4) is 0 Å². The first-order valence-electron chi connectivity index (χ1n) is 13.4. The average Bonchev–Trinajstić information content (AvgIpc) is 3.23. The molecule has 6 N–H and O–H groups in total. The van der Waals surface area contributed by atoms with Crippen LogP contribution in [0, 0.1) is 20.8 Å². The van der Waals surface area contributed by atoms with Gasteiger partial charge in [-0.05, 0) is 69.6 Å². The molecule has 1 amide bonds. The Hall–Kier alpha value is -3.78. The Bertz CT molecular complexity index is 1560. The Morgan fingerprint density at radius 3 is 2.56 bits per heavy atom. The molecule has 12 nitrogen and oxygen atoms in total. The minimum atomic E-state index is -4.15. The molecule has 0 radical (unpaired) electrons. The standard InChI is InChI=1S/C28H37N7O5S/c1-17-13-18(2)25(19(3)14-17)41(39,40)34-23(27(37)38)16-32-26(36)20-8-9-21-22(33-35(4)24(21)15-20)7-5-10-29-28-30-11-6-12-31-28/h6,8-9,11,13-15,23,28-31,34H,5,7,10,12,16H2,1-4H3,(H,32,36)(H,37,38). The van der Waals surface area contributed by atoms with E-state index in [0.717, 1.165) is 48.1 Å². The number of aryl methyl sites for hydroxylation is 5. The van der Waals surface area contributed by atoms with Gasteiger partial charge in [-0.2, -0.15) is 9.82 Å².